The van der Waals surface area contributed by atoms with Crippen molar-refractivity contribution in [3.05, 3.63) is 75.7 Å². The van der Waals surface area contributed by atoms with Crippen molar-refractivity contribution in [1.29, 1.82) is 5.26 Å². The summed E-state index contributed by atoms with van der Waals surface area (Å²) >= 11 is 6.36. The number of hydrogen-bond acceptors (Lipinski definition) is 12. The number of piperidine rings is 3. The maximum atomic E-state index is 15.5. The summed E-state index contributed by atoms with van der Waals surface area (Å²) in [5, 5.41) is 20.8. The molecule has 6 aliphatic rings. The number of anilines is 3. The van der Waals surface area contributed by atoms with E-state index in [0.29, 0.717) is 54.4 Å². The Balaban J connectivity index is 0.725. The molecular weight excluding hydrogens is 803 g/mol. The van der Waals surface area contributed by atoms with Crippen LogP contribution in [0.3, 0.4) is 0 Å². The number of carbonyl (C=O) groups is 5. The number of nitrogens with one attached hydrogen (secondary N) is 1. The number of imide groups is 2. The molecule has 61 heavy (non-hydrogen) atoms. The predicted molar refractivity (Wildman–Crippen MR) is 224 cm³/mol. The lowest BCUT2D eigenvalue weighted by molar-refractivity contribution is -0.136. The second-order valence-corrected chi connectivity index (χ2v) is 17.9. The number of fused-ring (bicyclic) bond motifs is 1. The molecule has 1 spiro atoms. The van der Waals surface area contributed by atoms with Gasteiger partial charge in [0, 0.05) is 83.6 Å². The molecule has 7 heterocycles. The molecule has 1 aromatic heterocycles. The van der Waals surface area contributed by atoms with Gasteiger partial charge in [-0.25, -0.2) is 4.39 Å². The SMILES string of the molecule is C[C@H]1CC2(CCN(c3ccc(C(=O)N4CCN(CC5CCN(c6cc7c(cc6F)C(=O)N(C6CCC(=O)NC6=O)C7=O)CC5)CC4)nn3)CC2)CN1c1ccc(C#N)c(Cl)c1. The van der Waals surface area contributed by atoms with Crippen LogP contribution in [-0.2, 0) is 9.59 Å². The first kappa shape index (κ1) is 40.7. The number of carbonyl (C=O) groups excluding carboxylic acids is 5. The van der Waals surface area contributed by atoms with Gasteiger partial charge in [-0.15, -0.1) is 10.2 Å². The van der Waals surface area contributed by atoms with Gasteiger partial charge in [0.15, 0.2) is 11.5 Å². The van der Waals surface area contributed by atoms with Gasteiger partial charge in [0.25, 0.3) is 17.7 Å². The van der Waals surface area contributed by atoms with E-state index in [1.807, 2.05) is 28.0 Å². The highest BCUT2D eigenvalue weighted by Gasteiger charge is 2.46. The summed E-state index contributed by atoms with van der Waals surface area (Å²) in [6.45, 7) is 9.59. The molecule has 318 valence electrons. The van der Waals surface area contributed by atoms with E-state index in [2.05, 4.69) is 43.2 Å². The van der Waals surface area contributed by atoms with Gasteiger partial charge in [0.2, 0.25) is 11.8 Å². The van der Waals surface area contributed by atoms with Gasteiger partial charge in [-0.05, 0) is 99.2 Å². The molecule has 9 rings (SSSR count). The average Bonchev–Trinajstić information content (AvgIpc) is 3.71. The van der Waals surface area contributed by atoms with Gasteiger partial charge >= 0.3 is 0 Å². The van der Waals surface area contributed by atoms with E-state index < -0.39 is 35.5 Å². The number of benzene rings is 2. The molecule has 0 aliphatic carbocycles. The molecule has 0 saturated carbocycles. The summed E-state index contributed by atoms with van der Waals surface area (Å²) in [6, 6.07) is 13.3. The normalized spacial score (nSPS) is 23.5. The van der Waals surface area contributed by atoms with Crippen molar-refractivity contribution in [1.82, 2.24) is 30.2 Å². The van der Waals surface area contributed by atoms with Crippen molar-refractivity contribution in [2.24, 2.45) is 11.3 Å². The Morgan fingerprint density at radius 2 is 1.62 bits per heavy atom. The van der Waals surface area contributed by atoms with E-state index >= 15 is 4.39 Å². The van der Waals surface area contributed by atoms with E-state index in [9.17, 15) is 29.2 Å². The van der Waals surface area contributed by atoms with Crippen LogP contribution in [0.2, 0.25) is 5.02 Å². The quantitative estimate of drug-likeness (QED) is 0.339. The third-order valence-corrected chi connectivity index (χ3v) is 14.1. The number of halogens is 2. The van der Waals surface area contributed by atoms with Gasteiger partial charge in [-0.1, -0.05) is 11.6 Å². The van der Waals surface area contributed by atoms with Crippen molar-refractivity contribution >= 4 is 58.3 Å². The number of nitrogens with zero attached hydrogens (tertiary/aromatic N) is 9. The van der Waals surface area contributed by atoms with E-state index in [1.54, 1.807) is 12.1 Å². The van der Waals surface area contributed by atoms with Crippen LogP contribution in [0.5, 0.6) is 0 Å². The Morgan fingerprint density at radius 3 is 2.28 bits per heavy atom. The van der Waals surface area contributed by atoms with E-state index in [-0.39, 0.29) is 41.0 Å². The standard InChI is InChI=1S/C44H48ClFN10O5/c1-27-23-44(26-55(27)30-3-2-29(24-47)33(45)20-30)10-14-53(15-11-44)38-6-4-35(49-50-38)43(61)54-18-16-51(17-19-54)25-28-8-12-52(13-9-28)37-22-32-31(21-34(37)46)41(59)56(42(32)60)36-5-7-39(57)48-40(36)58/h2-4,6,20-22,27-28,36H,5,7-19,23,25-26H2,1H3,(H,48,57,58)/t27-,36?/m0/s1. The summed E-state index contributed by atoms with van der Waals surface area (Å²) in [6.07, 6.45) is 4.82. The minimum absolute atomic E-state index is 0.0124. The molecule has 15 nitrogen and oxygen atoms in total. The molecule has 5 fully saturated rings. The fraction of sp³-hybridized carbons (Fsp3) is 0.500. The van der Waals surface area contributed by atoms with Gasteiger partial charge in [-0.2, -0.15) is 5.26 Å². The van der Waals surface area contributed by atoms with Crippen LogP contribution in [0.4, 0.5) is 21.6 Å². The molecule has 17 heteroatoms. The Hall–Kier alpha value is -5.66. The summed E-state index contributed by atoms with van der Waals surface area (Å²) in [7, 11) is 0. The van der Waals surface area contributed by atoms with Gasteiger partial charge in [-0.3, -0.25) is 39.1 Å². The number of rotatable bonds is 7. The highest BCUT2D eigenvalue weighted by Crippen LogP contribution is 2.46. The Bertz CT molecular complexity index is 2320. The number of hydrogen-bond donors (Lipinski definition) is 1. The highest BCUT2D eigenvalue weighted by molar-refractivity contribution is 6.32. The number of piperazine rings is 1. The highest BCUT2D eigenvalue weighted by atomic mass is 35.5. The van der Waals surface area contributed by atoms with Crippen LogP contribution in [0, 0.1) is 28.5 Å². The second-order valence-electron chi connectivity index (χ2n) is 17.5. The summed E-state index contributed by atoms with van der Waals surface area (Å²) < 4.78 is 15.5. The van der Waals surface area contributed by atoms with Gasteiger partial charge in [0.05, 0.1) is 27.4 Å². The van der Waals surface area contributed by atoms with E-state index in [4.69, 9.17) is 11.6 Å². The van der Waals surface area contributed by atoms with Crippen LogP contribution >= 0.6 is 11.6 Å². The van der Waals surface area contributed by atoms with Crippen LogP contribution in [-0.4, -0.2) is 132 Å². The number of amides is 5. The maximum absolute atomic E-state index is 15.5. The lowest BCUT2D eigenvalue weighted by Crippen LogP contribution is -2.54. The third kappa shape index (κ3) is 7.78. The number of nitriles is 1. The van der Waals surface area contributed by atoms with E-state index in [0.717, 1.165) is 93.8 Å². The monoisotopic (exact) mass is 850 g/mol. The summed E-state index contributed by atoms with van der Waals surface area (Å²) in [5.41, 5.74) is 2.33. The zero-order chi connectivity index (χ0) is 42.6. The van der Waals surface area contributed by atoms with Gasteiger partial charge < -0.3 is 19.6 Å². The lowest BCUT2D eigenvalue weighted by Gasteiger charge is -2.40. The molecule has 5 amide bonds. The maximum Gasteiger partial charge on any atom is 0.274 e. The third-order valence-electron chi connectivity index (χ3n) is 13.8. The predicted octanol–water partition coefficient (Wildman–Crippen LogP) is 4.10. The Kier molecular flexibility index (Phi) is 10.9. The van der Waals surface area contributed by atoms with Gasteiger partial charge in [0.1, 0.15) is 17.9 Å². The van der Waals surface area contributed by atoms with Crippen molar-refractivity contribution in [3.63, 3.8) is 0 Å². The topological polar surface area (TPSA) is 166 Å². The minimum Gasteiger partial charge on any atom is -0.369 e. The first-order valence-corrected chi connectivity index (χ1v) is 21.6. The van der Waals surface area contributed by atoms with Crippen LogP contribution in [0.25, 0.3) is 0 Å². The van der Waals surface area contributed by atoms with Crippen LogP contribution < -0.4 is 20.0 Å². The minimum atomic E-state index is -1.11. The van der Waals surface area contributed by atoms with Crippen LogP contribution in [0.15, 0.2) is 42.5 Å². The fourth-order valence-corrected chi connectivity index (χ4v) is 10.6. The molecule has 0 radical (unpaired) electrons. The van der Waals surface area contributed by atoms with Crippen molar-refractivity contribution in [3.8, 4) is 6.07 Å². The zero-order valence-electron chi connectivity index (χ0n) is 34.1. The molecule has 1 N–H and O–H groups in total. The first-order valence-electron chi connectivity index (χ1n) is 21.3. The molecule has 3 aromatic rings. The second kappa shape index (κ2) is 16.3. The first-order chi connectivity index (χ1) is 29.4. The summed E-state index contributed by atoms with van der Waals surface area (Å²) in [4.78, 5) is 75.6. The summed E-state index contributed by atoms with van der Waals surface area (Å²) in [5.74, 6) is -2.10. The van der Waals surface area contributed by atoms with Crippen molar-refractivity contribution < 1.29 is 28.4 Å². The largest absolute Gasteiger partial charge is 0.369 e. The lowest BCUT2D eigenvalue weighted by atomic mass is 9.77. The smallest absolute Gasteiger partial charge is 0.274 e. The number of aromatic nitrogens is 2. The molecule has 2 aromatic carbocycles. The average molecular weight is 851 g/mol. The molecule has 5 saturated heterocycles. The Morgan fingerprint density at radius 1 is 0.902 bits per heavy atom. The molecular formula is C44H48ClFN10O5. The van der Waals surface area contributed by atoms with Crippen molar-refractivity contribution in [2.45, 2.75) is 64.0 Å². The zero-order valence-corrected chi connectivity index (χ0v) is 34.9. The molecule has 6 aliphatic heterocycles. The molecule has 0 bridgehead atoms. The van der Waals surface area contributed by atoms with Crippen molar-refractivity contribution in [2.75, 3.05) is 80.1 Å². The molecule has 1 unspecified atom stereocenters. The Labute approximate surface area is 358 Å². The van der Waals surface area contributed by atoms with E-state index in [1.165, 1.54) is 6.07 Å². The molecule has 2 atom stereocenters. The van der Waals surface area contributed by atoms with Crippen LogP contribution in [0.1, 0.15) is 88.6 Å². The fourth-order valence-electron chi connectivity index (χ4n) is 10.4.